The Morgan fingerprint density at radius 2 is 1.91 bits per heavy atom. The Morgan fingerprint density at radius 3 is 2.57 bits per heavy atom. The van der Waals surface area contributed by atoms with Crippen molar-refractivity contribution in [3.8, 4) is 5.75 Å². The molecule has 0 radical (unpaired) electrons. The van der Waals surface area contributed by atoms with Crippen LogP contribution in [0, 0.1) is 18.8 Å². The molecule has 1 saturated heterocycles. The van der Waals surface area contributed by atoms with Crippen LogP contribution in [0.1, 0.15) is 68.4 Å². The number of rotatable bonds is 5. The summed E-state index contributed by atoms with van der Waals surface area (Å²) in [5, 5.41) is 12.6. The summed E-state index contributed by atoms with van der Waals surface area (Å²) in [5.41, 5.74) is 0.108. The number of nitrogens with one attached hydrogen (secondary N) is 1. The average molecular weight is 555 g/mol. The maximum absolute atomic E-state index is 12.9. The largest absolute Gasteiger partial charge is 0.505 e. The predicted molar refractivity (Wildman–Crippen MR) is 126 cm³/mol. The lowest BCUT2D eigenvalue weighted by Crippen LogP contribution is -2.47. The zero-order chi connectivity index (χ0) is 25.7. The van der Waals surface area contributed by atoms with E-state index < -0.39 is 54.6 Å². The Labute approximate surface area is 212 Å². The highest BCUT2D eigenvalue weighted by Gasteiger charge is 2.42. The summed E-state index contributed by atoms with van der Waals surface area (Å²) in [6.45, 7) is 4.41. The molecule has 2 heterocycles. The Morgan fingerprint density at radius 1 is 1.23 bits per heavy atom. The van der Waals surface area contributed by atoms with Crippen molar-refractivity contribution in [3.05, 3.63) is 21.9 Å². The van der Waals surface area contributed by atoms with Crippen molar-refractivity contribution in [1.29, 1.82) is 0 Å². The van der Waals surface area contributed by atoms with Crippen molar-refractivity contribution >= 4 is 39.7 Å². The van der Waals surface area contributed by atoms with Crippen LogP contribution in [0.2, 0.25) is 0 Å². The van der Waals surface area contributed by atoms with Crippen LogP contribution in [0.3, 0.4) is 0 Å². The second-order valence-electron chi connectivity index (χ2n) is 9.01. The first-order chi connectivity index (χ1) is 16.6. The van der Waals surface area contributed by atoms with Crippen molar-refractivity contribution in [1.82, 2.24) is 10.3 Å². The Balaban J connectivity index is 1.77. The molecule has 1 aliphatic carbocycles. The number of pyridine rings is 1. The summed E-state index contributed by atoms with van der Waals surface area (Å²) in [7, 11) is 0. The quantitative estimate of drug-likeness (QED) is 0.319. The van der Waals surface area contributed by atoms with Crippen LogP contribution in [0.5, 0.6) is 5.75 Å². The molecule has 4 atom stereocenters. The minimum absolute atomic E-state index is 0.242. The van der Waals surface area contributed by atoms with E-state index in [9.17, 15) is 24.3 Å². The fraction of sp³-hybridized carbons (Fsp3) is 0.625. The highest BCUT2D eigenvalue weighted by molar-refractivity contribution is 9.10. The third-order valence-corrected chi connectivity index (χ3v) is 6.85. The van der Waals surface area contributed by atoms with E-state index in [0.29, 0.717) is 16.6 Å². The SMILES string of the molecule is CC[C@H]1C(=O)OC[C@H](NC(=O)c2nc(Br)cc(C)c2O)C(=O)O[C@@H](C)[C@@H]1OC(=O)C1CCCCC1. The number of aryl methyl sites for hydroxylation is 1. The van der Waals surface area contributed by atoms with Crippen LogP contribution in [0.25, 0.3) is 0 Å². The maximum atomic E-state index is 12.9. The molecule has 1 amide bonds. The molecule has 1 aromatic heterocycles. The average Bonchev–Trinajstić information content (AvgIpc) is 2.86. The molecule has 2 fully saturated rings. The van der Waals surface area contributed by atoms with Gasteiger partial charge >= 0.3 is 17.9 Å². The predicted octanol–water partition coefficient (Wildman–Crippen LogP) is 2.96. The van der Waals surface area contributed by atoms with Crippen LogP contribution < -0.4 is 5.32 Å². The number of amides is 1. The number of cyclic esters (lactones) is 2. The minimum atomic E-state index is -1.35. The van der Waals surface area contributed by atoms with E-state index in [1.54, 1.807) is 20.8 Å². The lowest BCUT2D eigenvalue weighted by Gasteiger charge is -2.30. The second-order valence-corrected chi connectivity index (χ2v) is 9.82. The van der Waals surface area contributed by atoms with E-state index in [2.05, 4.69) is 26.2 Å². The summed E-state index contributed by atoms with van der Waals surface area (Å²) in [4.78, 5) is 55.3. The van der Waals surface area contributed by atoms with Gasteiger partial charge in [-0.25, -0.2) is 9.78 Å². The van der Waals surface area contributed by atoms with E-state index in [-0.39, 0.29) is 17.4 Å². The molecule has 3 rings (SSSR count). The molecule has 1 saturated carbocycles. The molecule has 2 aliphatic rings. The van der Waals surface area contributed by atoms with Crippen molar-refractivity contribution in [2.75, 3.05) is 6.61 Å². The van der Waals surface area contributed by atoms with Gasteiger partial charge in [0.25, 0.3) is 5.91 Å². The van der Waals surface area contributed by atoms with Crippen LogP contribution in [-0.4, -0.2) is 58.8 Å². The molecule has 11 heteroatoms. The number of carbonyl (C=O) groups excluding carboxylic acids is 4. The van der Waals surface area contributed by atoms with Crippen LogP contribution in [0.4, 0.5) is 0 Å². The summed E-state index contributed by atoms with van der Waals surface area (Å²) >= 11 is 3.17. The highest BCUT2D eigenvalue weighted by Crippen LogP contribution is 2.29. The van der Waals surface area contributed by atoms with Crippen LogP contribution >= 0.6 is 15.9 Å². The number of ether oxygens (including phenoxy) is 3. The first-order valence-electron chi connectivity index (χ1n) is 11.9. The summed E-state index contributed by atoms with van der Waals surface area (Å²) in [6, 6.07) is 0.184. The lowest BCUT2D eigenvalue weighted by molar-refractivity contribution is -0.178. The van der Waals surface area contributed by atoms with Crippen molar-refractivity contribution in [2.45, 2.75) is 77.5 Å². The van der Waals surface area contributed by atoms with Crippen molar-refractivity contribution < 1.29 is 38.5 Å². The van der Waals surface area contributed by atoms with E-state index in [4.69, 9.17) is 14.2 Å². The maximum Gasteiger partial charge on any atom is 0.332 e. The molecule has 0 spiro atoms. The summed E-state index contributed by atoms with van der Waals surface area (Å²) in [5.74, 6) is -4.18. The van der Waals surface area contributed by atoms with Crippen molar-refractivity contribution in [2.24, 2.45) is 11.8 Å². The number of aromatic hydroxyl groups is 1. The number of aromatic nitrogens is 1. The zero-order valence-corrected chi connectivity index (χ0v) is 21.6. The Bertz CT molecular complexity index is 979. The van der Waals surface area contributed by atoms with E-state index in [1.165, 1.54) is 6.07 Å². The Kier molecular flexibility index (Phi) is 9.09. The first kappa shape index (κ1) is 26.9. The standard InChI is InChI=1S/C24H31BrN2O8/c1-4-15-20(35-22(30)14-8-6-5-7-9-14)13(3)34-24(32)16(11-33-23(15)31)26-21(29)18-19(28)12(2)10-17(25)27-18/h10,13-16,20,28H,4-9,11H2,1-3H3,(H,26,29)/t13-,15+,16-,20-/m0/s1. The van der Waals surface area contributed by atoms with Gasteiger partial charge in [0, 0.05) is 0 Å². The number of hydrogen-bond acceptors (Lipinski definition) is 9. The molecule has 0 aromatic carbocycles. The fourth-order valence-corrected chi connectivity index (χ4v) is 4.91. The molecule has 192 valence electrons. The summed E-state index contributed by atoms with van der Waals surface area (Å²) in [6.07, 6.45) is 2.74. The second kappa shape index (κ2) is 11.8. The smallest absolute Gasteiger partial charge is 0.332 e. The normalized spacial score (nSPS) is 25.9. The van der Waals surface area contributed by atoms with Gasteiger partial charge in [0.1, 0.15) is 23.1 Å². The lowest BCUT2D eigenvalue weighted by atomic mass is 9.89. The van der Waals surface area contributed by atoms with Gasteiger partial charge in [-0.3, -0.25) is 14.4 Å². The van der Waals surface area contributed by atoms with E-state index in [1.807, 2.05) is 0 Å². The molecular weight excluding hydrogens is 524 g/mol. The van der Waals surface area contributed by atoms with Gasteiger partial charge in [0.15, 0.2) is 17.8 Å². The summed E-state index contributed by atoms with van der Waals surface area (Å²) < 4.78 is 16.9. The zero-order valence-electron chi connectivity index (χ0n) is 20.0. The van der Waals surface area contributed by atoms with Gasteiger partial charge in [-0.1, -0.05) is 26.2 Å². The molecule has 35 heavy (non-hydrogen) atoms. The fourth-order valence-electron chi connectivity index (χ4n) is 4.39. The third kappa shape index (κ3) is 6.50. The number of nitrogens with zero attached hydrogens (tertiary/aromatic N) is 1. The number of carbonyl (C=O) groups is 4. The molecule has 0 unspecified atom stereocenters. The molecule has 2 N–H and O–H groups in total. The molecule has 10 nitrogen and oxygen atoms in total. The molecule has 1 aromatic rings. The van der Waals surface area contributed by atoms with Gasteiger partial charge in [-0.2, -0.15) is 0 Å². The highest BCUT2D eigenvalue weighted by atomic mass is 79.9. The molecule has 1 aliphatic heterocycles. The first-order valence-corrected chi connectivity index (χ1v) is 12.7. The topological polar surface area (TPSA) is 141 Å². The van der Waals surface area contributed by atoms with Gasteiger partial charge in [-0.15, -0.1) is 0 Å². The van der Waals surface area contributed by atoms with Gasteiger partial charge in [0.2, 0.25) is 0 Å². The minimum Gasteiger partial charge on any atom is -0.505 e. The third-order valence-electron chi connectivity index (χ3n) is 6.44. The Hall–Kier alpha value is -2.69. The number of esters is 3. The number of halogens is 1. The van der Waals surface area contributed by atoms with Crippen LogP contribution in [-0.2, 0) is 28.6 Å². The van der Waals surface area contributed by atoms with Crippen LogP contribution in [0.15, 0.2) is 10.7 Å². The van der Waals surface area contributed by atoms with Gasteiger partial charge < -0.3 is 24.6 Å². The molecular formula is C24H31BrN2O8. The molecule has 0 bridgehead atoms. The monoisotopic (exact) mass is 554 g/mol. The van der Waals surface area contributed by atoms with Gasteiger partial charge in [0.05, 0.1) is 11.8 Å². The van der Waals surface area contributed by atoms with Crippen molar-refractivity contribution in [3.63, 3.8) is 0 Å². The van der Waals surface area contributed by atoms with E-state index in [0.717, 1.165) is 32.1 Å². The van der Waals surface area contributed by atoms with E-state index >= 15 is 0 Å². The van der Waals surface area contributed by atoms with Gasteiger partial charge in [-0.05, 0) is 60.7 Å². The number of hydrogen-bond donors (Lipinski definition) is 2.